The molecule has 0 aliphatic rings. The molecule has 0 N–H and O–H groups in total. The summed E-state index contributed by atoms with van der Waals surface area (Å²) in [5.41, 5.74) is 0.787. The molecule has 0 saturated heterocycles. The first-order chi connectivity index (χ1) is 3.68. The molecular formula is C6H16OSi. The normalized spacial score (nSPS) is 14.6. The molecule has 0 radical (unpaired) electrons. The molecule has 0 aliphatic heterocycles. The molecule has 0 aromatic carbocycles. The van der Waals surface area contributed by atoms with E-state index in [1.54, 1.807) is 0 Å². The van der Waals surface area contributed by atoms with E-state index in [2.05, 4.69) is 27.3 Å². The summed E-state index contributed by atoms with van der Waals surface area (Å²) in [6, 6.07) is 0. The Morgan fingerprint density at radius 1 is 1.50 bits per heavy atom. The van der Waals surface area contributed by atoms with E-state index in [1.807, 2.05) is 0 Å². The Bertz CT molecular complexity index is 54.5. The minimum atomic E-state index is -0.775. The molecular weight excluding hydrogens is 116 g/mol. The predicted octanol–water partition coefficient (Wildman–Crippen LogP) is 1.79. The largest absolute Gasteiger partial charge is 0.420 e. The maximum atomic E-state index is 5.44. The lowest BCUT2D eigenvalue weighted by atomic mass is 10.6. The van der Waals surface area contributed by atoms with Gasteiger partial charge in [-0.3, -0.25) is 0 Å². The second-order valence-electron chi connectivity index (χ2n) is 2.40. The third kappa shape index (κ3) is 3.21. The van der Waals surface area contributed by atoms with Gasteiger partial charge in [0.1, 0.15) is 0 Å². The Hall–Kier alpha value is 0.177. The standard InChI is InChI=1S/C6H16OSi/c1-5-7-8(4)6(2)3/h6,8H,5H2,1-4H3. The van der Waals surface area contributed by atoms with Crippen molar-refractivity contribution >= 4 is 9.04 Å². The average molecular weight is 132 g/mol. The molecule has 2 heteroatoms. The van der Waals surface area contributed by atoms with E-state index in [0.717, 1.165) is 12.1 Å². The zero-order valence-corrected chi connectivity index (χ0v) is 7.42. The monoisotopic (exact) mass is 132 g/mol. The van der Waals surface area contributed by atoms with Gasteiger partial charge >= 0.3 is 0 Å². The Morgan fingerprint density at radius 2 is 2.00 bits per heavy atom. The zero-order valence-electron chi connectivity index (χ0n) is 6.27. The highest BCUT2D eigenvalue weighted by atomic mass is 28.3. The van der Waals surface area contributed by atoms with E-state index < -0.39 is 9.04 Å². The Labute approximate surface area is 53.8 Å². The van der Waals surface area contributed by atoms with Crippen LogP contribution in [-0.2, 0) is 4.43 Å². The molecule has 0 bridgehead atoms. The fraction of sp³-hybridized carbons (Fsp3) is 1.00. The summed E-state index contributed by atoms with van der Waals surface area (Å²) in [6.45, 7) is 9.66. The molecule has 8 heavy (non-hydrogen) atoms. The van der Waals surface area contributed by atoms with Gasteiger partial charge in [-0.25, -0.2) is 0 Å². The maximum Gasteiger partial charge on any atom is 0.176 e. The molecule has 0 fully saturated rings. The van der Waals surface area contributed by atoms with Crippen molar-refractivity contribution in [1.29, 1.82) is 0 Å². The van der Waals surface area contributed by atoms with Crippen LogP contribution in [-0.4, -0.2) is 15.6 Å². The number of hydrogen-bond acceptors (Lipinski definition) is 1. The van der Waals surface area contributed by atoms with Gasteiger partial charge in [0.15, 0.2) is 9.04 Å². The van der Waals surface area contributed by atoms with Crippen LogP contribution in [0.5, 0.6) is 0 Å². The van der Waals surface area contributed by atoms with Crippen molar-refractivity contribution in [1.82, 2.24) is 0 Å². The van der Waals surface area contributed by atoms with Gasteiger partial charge in [-0.2, -0.15) is 0 Å². The molecule has 1 nitrogen and oxygen atoms in total. The lowest BCUT2D eigenvalue weighted by molar-refractivity contribution is 0.340. The summed E-state index contributed by atoms with van der Waals surface area (Å²) < 4.78 is 5.44. The summed E-state index contributed by atoms with van der Waals surface area (Å²) in [5, 5.41) is 0. The molecule has 0 saturated carbocycles. The maximum absolute atomic E-state index is 5.44. The number of hydrogen-bond donors (Lipinski definition) is 0. The topological polar surface area (TPSA) is 9.23 Å². The van der Waals surface area contributed by atoms with Crippen LogP contribution >= 0.6 is 0 Å². The fourth-order valence-corrected chi connectivity index (χ4v) is 1.37. The second kappa shape index (κ2) is 4.10. The molecule has 0 amide bonds. The summed E-state index contributed by atoms with van der Waals surface area (Å²) in [6.07, 6.45) is 0. The van der Waals surface area contributed by atoms with Gasteiger partial charge in [0, 0.05) is 6.61 Å². The SMILES string of the molecule is CCO[SiH](C)C(C)C. The summed E-state index contributed by atoms with van der Waals surface area (Å²) >= 11 is 0. The van der Waals surface area contributed by atoms with E-state index >= 15 is 0 Å². The van der Waals surface area contributed by atoms with E-state index in [9.17, 15) is 0 Å². The third-order valence-electron chi connectivity index (χ3n) is 1.37. The summed E-state index contributed by atoms with van der Waals surface area (Å²) in [4.78, 5) is 0. The smallest absolute Gasteiger partial charge is 0.176 e. The van der Waals surface area contributed by atoms with Crippen molar-refractivity contribution in [3.8, 4) is 0 Å². The quantitative estimate of drug-likeness (QED) is 0.532. The summed E-state index contributed by atoms with van der Waals surface area (Å²) in [7, 11) is -0.775. The van der Waals surface area contributed by atoms with Crippen LogP contribution in [0.2, 0.25) is 12.1 Å². The lowest BCUT2D eigenvalue weighted by Crippen LogP contribution is -2.16. The van der Waals surface area contributed by atoms with E-state index in [1.165, 1.54) is 0 Å². The second-order valence-corrected chi connectivity index (χ2v) is 5.48. The first kappa shape index (κ1) is 8.18. The highest BCUT2D eigenvalue weighted by Crippen LogP contribution is 2.06. The van der Waals surface area contributed by atoms with Crippen LogP contribution in [0.4, 0.5) is 0 Å². The molecule has 0 aromatic heterocycles. The molecule has 1 unspecified atom stereocenters. The van der Waals surface area contributed by atoms with Crippen molar-refractivity contribution in [2.24, 2.45) is 0 Å². The van der Waals surface area contributed by atoms with Crippen LogP contribution in [0, 0.1) is 0 Å². The Morgan fingerprint density at radius 3 is 2.12 bits per heavy atom. The molecule has 0 heterocycles. The highest BCUT2D eigenvalue weighted by Gasteiger charge is 2.07. The van der Waals surface area contributed by atoms with Crippen LogP contribution in [0.15, 0.2) is 0 Å². The molecule has 1 atom stereocenters. The van der Waals surface area contributed by atoms with Crippen molar-refractivity contribution in [2.75, 3.05) is 6.61 Å². The minimum Gasteiger partial charge on any atom is -0.420 e. The van der Waals surface area contributed by atoms with Gasteiger partial charge in [-0.05, 0) is 19.0 Å². The van der Waals surface area contributed by atoms with Crippen LogP contribution in [0.25, 0.3) is 0 Å². The molecule has 50 valence electrons. The highest BCUT2D eigenvalue weighted by molar-refractivity contribution is 6.51. The van der Waals surface area contributed by atoms with E-state index in [0.29, 0.717) is 0 Å². The van der Waals surface area contributed by atoms with Gasteiger partial charge in [-0.1, -0.05) is 13.8 Å². The molecule has 0 spiro atoms. The van der Waals surface area contributed by atoms with Gasteiger partial charge < -0.3 is 4.43 Å². The number of rotatable bonds is 3. The van der Waals surface area contributed by atoms with Crippen molar-refractivity contribution in [3.05, 3.63) is 0 Å². The van der Waals surface area contributed by atoms with Gasteiger partial charge in [0.25, 0.3) is 0 Å². The predicted molar refractivity (Wildman–Crippen MR) is 39.7 cm³/mol. The van der Waals surface area contributed by atoms with Crippen LogP contribution in [0.1, 0.15) is 20.8 Å². The minimum absolute atomic E-state index is 0.775. The van der Waals surface area contributed by atoms with Gasteiger partial charge in [-0.15, -0.1) is 0 Å². The zero-order chi connectivity index (χ0) is 6.57. The van der Waals surface area contributed by atoms with Crippen molar-refractivity contribution < 1.29 is 4.43 Å². The molecule has 0 aromatic rings. The van der Waals surface area contributed by atoms with Crippen LogP contribution < -0.4 is 0 Å². The van der Waals surface area contributed by atoms with Crippen molar-refractivity contribution in [3.63, 3.8) is 0 Å². The van der Waals surface area contributed by atoms with E-state index in [4.69, 9.17) is 4.43 Å². The average Bonchev–Trinajstić information content (AvgIpc) is 1.67. The molecule has 0 rings (SSSR count). The van der Waals surface area contributed by atoms with Gasteiger partial charge in [0.2, 0.25) is 0 Å². The fourth-order valence-electron chi connectivity index (χ4n) is 0.455. The molecule has 0 aliphatic carbocycles. The lowest BCUT2D eigenvalue weighted by Gasteiger charge is -2.12. The Kier molecular flexibility index (Phi) is 4.19. The third-order valence-corrected chi connectivity index (χ3v) is 4.11. The Balaban J connectivity index is 3.17. The van der Waals surface area contributed by atoms with Crippen LogP contribution in [0.3, 0.4) is 0 Å². The van der Waals surface area contributed by atoms with Gasteiger partial charge in [0.05, 0.1) is 0 Å². The first-order valence-corrected chi connectivity index (χ1v) is 5.59. The van der Waals surface area contributed by atoms with Crippen molar-refractivity contribution in [2.45, 2.75) is 32.9 Å². The summed E-state index contributed by atoms with van der Waals surface area (Å²) in [5.74, 6) is 0. The first-order valence-electron chi connectivity index (χ1n) is 3.30. The van der Waals surface area contributed by atoms with E-state index in [-0.39, 0.29) is 0 Å².